The summed E-state index contributed by atoms with van der Waals surface area (Å²) in [7, 11) is 2.25. The van der Waals surface area contributed by atoms with Gasteiger partial charge in [-0.1, -0.05) is 12.2 Å². The minimum atomic E-state index is 0.452. The van der Waals surface area contributed by atoms with Crippen LogP contribution in [-0.2, 0) is 0 Å². The SMILES string of the molecule is Cc1ccnc(N2CCC3CCC(C2)N3C)c1C(N)=S. The number of anilines is 1. The third-order valence-electron chi connectivity index (χ3n) is 4.83. The number of pyridine rings is 1. The number of nitrogens with zero attached hydrogens (tertiary/aromatic N) is 3. The second kappa shape index (κ2) is 5.30. The molecule has 3 rings (SSSR count). The van der Waals surface area contributed by atoms with E-state index in [0.29, 0.717) is 11.0 Å². The van der Waals surface area contributed by atoms with Gasteiger partial charge in [-0.2, -0.15) is 0 Å². The number of hydrogen-bond donors (Lipinski definition) is 1. The molecule has 0 saturated carbocycles. The van der Waals surface area contributed by atoms with Gasteiger partial charge in [0.25, 0.3) is 0 Å². The summed E-state index contributed by atoms with van der Waals surface area (Å²) in [6.07, 6.45) is 5.67. The Morgan fingerprint density at radius 3 is 2.85 bits per heavy atom. The molecule has 0 amide bonds. The Labute approximate surface area is 126 Å². The minimum absolute atomic E-state index is 0.452. The predicted molar refractivity (Wildman–Crippen MR) is 86.3 cm³/mol. The van der Waals surface area contributed by atoms with Gasteiger partial charge in [0.05, 0.1) is 5.56 Å². The quantitative estimate of drug-likeness (QED) is 0.840. The van der Waals surface area contributed by atoms with E-state index >= 15 is 0 Å². The molecule has 3 heterocycles. The summed E-state index contributed by atoms with van der Waals surface area (Å²) < 4.78 is 0. The van der Waals surface area contributed by atoms with Crippen LogP contribution < -0.4 is 10.6 Å². The van der Waals surface area contributed by atoms with Crippen molar-refractivity contribution in [1.82, 2.24) is 9.88 Å². The molecule has 108 valence electrons. The second-order valence-electron chi connectivity index (χ2n) is 5.98. The van der Waals surface area contributed by atoms with Crippen molar-refractivity contribution in [3.8, 4) is 0 Å². The number of aromatic nitrogens is 1. The number of rotatable bonds is 2. The summed E-state index contributed by atoms with van der Waals surface area (Å²) in [4.78, 5) is 9.94. The Bertz CT molecular complexity index is 531. The van der Waals surface area contributed by atoms with E-state index in [1.807, 2.05) is 12.3 Å². The molecule has 0 radical (unpaired) electrons. The van der Waals surface area contributed by atoms with Crippen molar-refractivity contribution in [2.24, 2.45) is 5.73 Å². The predicted octanol–water partition coefficient (Wildman–Crippen LogP) is 1.70. The number of aryl methyl sites for hydroxylation is 1. The average molecular weight is 290 g/mol. The molecule has 0 aromatic carbocycles. The Balaban J connectivity index is 1.94. The zero-order valence-corrected chi connectivity index (χ0v) is 13.0. The monoisotopic (exact) mass is 290 g/mol. The summed E-state index contributed by atoms with van der Waals surface area (Å²) >= 11 is 5.23. The number of fused-ring (bicyclic) bond motifs is 2. The Morgan fingerprint density at radius 1 is 1.35 bits per heavy atom. The molecule has 2 bridgehead atoms. The fourth-order valence-corrected chi connectivity index (χ4v) is 3.84. The molecule has 2 saturated heterocycles. The molecule has 1 aromatic rings. The summed E-state index contributed by atoms with van der Waals surface area (Å²) in [6.45, 7) is 4.12. The van der Waals surface area contributed by atoms with Crippen molar-refractivity contribution in [1.29, 1.82) is 0 Å². The lowest BCUT2D eigenvalue weighted by Crippen LogP contribution is -2.37. The van der Waals surface area contributed by atoms with Crippen molar-refractivity contribution in [2.45, 2.75) is 38.3 Å². The molecule has 2 atom stereocenters. The van der Waals surface area contributed by atoms with Gasteiger partial charge in [-0.05, 0) is 44.9 Å². The first-order valence-corrected chi connectivity index (χ1v) is 7.71. The average Bonchev–Trinajstić information content (AvgIpc) is 2.62. The summed E-state index contributed by atoms with van der Waals surface area (Å²) in [5.74, 6) is 0.971. The van der Waals surface area contributed by atoms with Crippen LogP contribution in [0.25, 0.3) is 0 Å². The second-order valence-corrected chi connectivity index (χ2v) is 6.42. The van der Waals surface area contributed by atoms with Gasteiger partial charge in [0.1, 0.15) is 10.8 Å². The van der Waals surface area contributed by atoms with E-state index in [1.165, 1.54) is 19.3 Å². The van der Waals surface area contributed by atoms with E-state index in [1.54, 1.807) is 0 Å². The molecule has 0 aliphatic carbocycles. The van der Waals surface area contributed by atoms with Crippen LogP contribution in [0.3, 0.4) is 0 Å². The molecule has 4 nitrogen and oxygen atoms in total. The van der Waals surface area contributed by atoms with Crippen molar-refractivity contribution in [3.63, 3.8) is 0 Å². The largest absolute Gasteiger partial charge is 0.389 e. The fraction of sp³-hybridized carbons (Fsp3) is 0.600. The van der Waals surface area contributed by atoms with Gasteiger partial charge in [0, 0.05) is 31.4 Å². The molecule has 5 heteroatoms. The summed E-state index contributed by atoms with van der Waals surface area (Å²) in [5, 5.41) is 0. The zero-order valence-electron chi connectivity index (χ0n) is 12.2. The molecule has 2 fully saturated rings. The van der Waals surface area contributed by atoms with Crippen LogP contribution in [0, 0.1) is 6.92 Å². The highest BCUT2D eigenvalue weighted by Gasteiger charge is 2.35. The Morgan fingerprint density at radius 2 is 2.10 bits per heavy atom. The van der Waals surface area contributed by atoms with Crippen LogP contribution in [-0.4, -0.2) is 47.1 Å². The molecular weight excluding hydrogens is 268 g/mol. The minimum Gasteiger partial charge on any atom is -0.389 e. The highest BCUT2D eigenvalue weighted by atomic mass is 32.1. The molecule has 20 heavy (non-hydrogen) atoms. The summed E-state index contributed by atoms with van der Waals surface area (Å²) in [6, 6.07) is 3.33. The van der Waals surface area contributed by atoms with Crippen LogP contribution in [0.2, 0.25) is 0 Å². The van der Waals surface area contributed by atoms with Gasteiger partial charge in [0.15, 0.2) is 0 Å². The van der Waals surface area contributed by atoms with E-state index in [9.17, 15) is 0 Å². The third-order valence-corrected chi connectivity index (χ3v) is 5.04. The van der Waals surface area contributed by atoms with Crippen molar-refractivity contribution in [3.05, 3.63) is 23.4 Å². The van der Waals surface area contributed by atoms with E-state index in [2.05, 4.69) is 28.8 Å². The van der Waals surface area contributed by atoms with Crippen molar-refractivity contribution >= 4 is 23.0 Å². The lowest BCUT2D eigenvalue weighted by Gasteiger charge is -2.28. The van der Waals surface area contributed by atoms with Gasteiger partial charge in [-0.25, -0.2) is 4.98 Å². The maximum atomic E-state index is 5.92. The van der Waals surface area contributed by atoms with Crippen LogP contribution >= 0.6 is 12.2 Å². The number of likely N-dealkylation sites (N-methyl/N-ethyl adjacent to an activating group) is 1. The molecule has 2 aliphatic heterocycles. The van der Waals surface area contributed by atoms with Gasteiger partial charge in [-0.15, -0.1) is 0 Å². The van der Waals surface area contributed by atoms with E-state index < -0.39 is 0 Å². The van der Waals surface area contributed by atoms with Gasteiger partial charge < -0.3 is 10.6 Å². The first-order valence-electron chi connectivity index (χ1n) is 7.30. The zero-order chi connectivity index (χ0) is 14.3. The van der Waals surface area contributed by atoms with Crippen LogP contribution in [0.1, 0.15) is 30.4 Å². The lowest BCUT2D eigenvalue weighted by atomic mass is 10.1. The third kappa shape index (κ3) is 2.29. The molecule has 0 spiro atoms. The van der Waals surface area contributed by atoms with E-state index in [4.69, 9.17) is 18.0 Å². The molecule has 2 N–H and O–H groups in total. The van der Waals surface area contributed by atoms with Crippen molar-refractivity contribution < 1.29 is 0 Å². The number of hydrogen-bond acceptors (Lipinski definition) is 4. The Hall–Kier alpha value is -1.20. The van der Waals surface area contributed by atoms with E-state index in [-0.39, 0.29) is 0 Å². The topological polar surface area (TPSA) is 45.4 Å². The normalized spacial score (nSPS) is 26.6. The van der Waals surface area contributed by atoms with Crippen LogP contribution in [0.5, 0.6) is 0 Å². The highest BCUT2D eigenvalue weighted by molar-refractivity contribution is 7.80. The fourth-order valence-electron chi connectivity index (χ4n) is 3.59. The van der Waals surface area contributed by atoms with Crippen LogP contribution in [0.4, 0.5) is 5.82 Å². The molecule has 2 aliphatic rings. The number of thiocarbonyl (C=S) groups is 1. The van der Waals surface area contributed by atoms with Gasteiger partial charge in [-0.3, -0.25) is 4.90 Å². The number of nitrogens with two attached hydrogens (primary N) is 1. The highest BCUT2D eigenvalue weighted by Crippen LogP contribution is 2.31. The maximum Gasteiger partial charge on any atom is 0.139 e. The molecular formula is C15H22N4S. The van der Waals surface area contributed by atoms with Crippen molar-refractivity contribution in [2.75, 3.05) is 25.0 Å². The van der Waals surface area contributed by atoms with E-state index in [0.717, 1.165) is 36.1 Å². The Kier molecular flexibility index (Phi) is 3.65. The first-order chi connectivity index (χ1) is 9.58. The molecule has 2 unspecified atom stereocenters. The van der Waals surface area contributed by atoms with Gasteiger partial charge in [0.2, 0.25) is 0 Å². The maximum absolute atomic E-state index is 5.92. The lowest BCUT2D eigenvalue weighted by molar-refractivity contribution is 0.254. The smallest absolute Gasteiger partial charge is 0.139 e. The van der Waals surface area contributed by atoms with Crippen LogP contribution in [0.15, 0.2) is 12.3 Å². The molecule has 1 aromatic heterocycles. The van der Waals surface area contributed by atoms with Gasteiger partial charge >= 0.3 is 0 Å². The summed E-state index contributed by atoms with van der Waals surface area (Å²) in [5.41, 5.74) is 7.98. The first kappa shape index (κ1) is 13.8. The standard InChI is InChI=1S/C15H22N4S/c1-10-5-7-17-15(13(10)14(16)20)19-8-6-11-3-4-12(9-19)18(11)2/h5,7,11-12H,3-4,6,8-9H2,1-2H3,(H2,16,20).